The molecule has 166 valence electrons. The minimum absolute atomic E-state index is 0.0981. The van der Waals surface area contributed by atoms with Crippen molar-refractivity contribution < 1.29 is 9.63 Å². The summed E-state index contributed by atoms with van der Waals surface area (Å²) >= 11 is 6.16. The molecule has 0 radical (unpaired) electrons. The molecule has 0 fully saturated rings. The highest BCUT2D eigenvalue weighted by molar-refractivity contribution is 6.33. The van der Waals surface area contributed by atoms with E-state index in [0.717, 1.165) is 22.9 Å². The summed E-state index contributed by atoms with van der Waals surface area (Å²) in [5.41, 5.74) is 2.56. The summed E-state index contributed by atoms with van der Waals surface area (Å²) in [6.07, 6.45) is 12.4. The second-order valence-corrected chi connectivity index (χ2v) is 8.42. The van der Waals surface area contributed by atoms with E-state index < -0.39 is 0 Å². The Bertz CT molecular complexity index is 967. The molecule has 1 heterocycles. The third kappa shape index (κ3) is 7.03. The smallest absolute Gasteiger partial charge is 0.228 e. The van der Waals surface area contributed by atoms with Crippen molar-refractivity contribution in [2.75, 3.05) is 11.9 Å². The number of aromatic nitrogens is 1. The number of para-hydroxylation sites is 2. The molecule has 31 heavy (non-hydrogen) atoms. The molecule has 0 spiro atoms. The number of nitrogens with one attached hydrogen (secondary N) is 1. The standard InChI is InChI=1S/C26H33ClN2O2/c1-2-3-4-5-6-7-8-13-18-31-29-20-21(22-14-9-12-17-25(22)29)19-26(30)28-24-16-11-10-15-23(24)27/h9-12,14-17,20H,2-8,13,18-19H2,1H3,(H,28,30). The van der Waals surface area contributed by atoms with Gasteiger partial charge in [-0.3, -0.25) is 4.79 Å². The van der Waals surface area contributed by atoms with Gasteiger partial charge >= 0.3 is 0 Å². The number of anilines is 1. The third-order valence-corrected chi connectivity index (χ3v) is 5.82. The minimum Gasteiger partial charge on any atom is -0.414 e. The van der Waals surface area contributed by atoms with E-state index in [1.54, 1.807) is 12.1 Å². The monoisotopic (exact) mass is 440 g/mol. The Morgan fingerprint density at radius 1 is 0.935 bits per heavy atom. The maximum Gasteiger partial charge on any atom is 0.228 e. The molecule has 1 aromatic heterocycles. The number of carbonyl (C=O) groups excluding carboxylic acids is 1. The zero-order valence-electron chi connectivity index (χ0n) is 18.4. The van der Waals surface area contributed by atoms with E-state index in [1.807, 2.05) is 47.3 Å². The molecule has 0 aliphatic carbocycles. The first kappa shape index (κ1) is 23.2. The van der Waals surface area contributed by atoms with Crippen LogP contribution in [0.15, 0.2) is 54.7 Å². The van der Waals surface area contributed by atoms with Crippen molar-refractivity contribution in [3.63, 3.8) is 0 Å². The average Bonchev–Trinajstić information content (AvgIpc) is 3.11. The van der Waals surface area contributed by atoms with Crippen LogP contribution in [0, 0.1) is 0 Å². The Morgan fingerprint density at radius 2 is 1.61 bits per heavy atom. The maximum atomic E-state index is 12.6. The van der Waals surface area contributed by atoms with Gasteiger partial charge in [0.25, 0.3) is 0 Å². The summed E-state index contributed by atoms with van der Waals surface area (Å²) in [4.78, 5) is 18.6. The summed E-state index contributed by atoms with van der Waals surface area (Å²) in [6.45, 7) is 2.93. The van der Waals surface area contributed by atoms with Crippen LogP contribution in [-0.4, -0.2) is 17.2 Å². The zero-order chi connectivity index (χ0) is 21.9. The Labute approximate surface area is 190 Å². The van der Waals surface area contributed by atoms with E-state index >= 15 is 0 Å². The molecule has 0 saturated heterocycles. The molecule has 3 rings (SSSR count). The highest BCUT2D eigenvalue weighted by atomic mass is 35.5. The molecule has 0 bridgehead atoms. The fourth-order valence-corrected chi connectivity index (χ4v) is 3.98. The van der Waals surface area contributed by atoms with E-state index in [4.69, 9.17) is 16.4 Å². The largest absolute Gasteiger partial charge is 0.414 e. The van der Waals surface area contributed by atoms with Crippen molar-refractivity contribution in [1.82, 2.24) is 4.73 Å². The minimum atomic E-state index is -0.0981. The number of halogens is 1. The Balaban J connectivity index is 1.53. The van der Waals surface area contributed by atoms with Crippen LogP contribution in [0.1, 0.15) is 63.9 Å². The van der Waals surface area contributed by atoms with Gasteiger partial charge in [0.05, 0.1) is 22.6 Å². The number of carbonyl (C=O) groups is 1. The van der Waals surface area contributed by atoms with Gasteiger partial charge in [0.15, 0.2) is 0 Å². The van der Waals surface area contributed by atoms with E-state index in [-0.39, 0.29) is 12.3 Å². The lowest BCUT2D eigenvalue weighted by molar-refractivity contribution is -0.115. The molecule has 2 aromatic carbocycles. The van der Waals surface area contributed by atoms with Gasteiger partial charge in [-0.15, -0.1) is 0 Å². The lowest BCUT2D eigenvalue weighted by Crippen LogP contribution is -2.15. The maximum absolute atomic E-state index is 12.6. The third-order valence-electron chi connectivity index (χ3n) is 5.49. The van der Waals surface area contributed by atoms with Gasteiger partial charge in [0, 0.05) is 11.6 Å². The molecule has 1 amide bonds. The van der Waals surface area contributed by atoms with Gasteiger partial charge in [-0.2, -0.15) is 4.73 Å². The first-order chi connectivity index (χ1) is 15.2. The highest BCUT2D eigenvalue weighted by Gasteiger charge is 2.13. The van der Waals surface area contributed by atoms with Crippen LogP contribution < -0.4 is 10.2 Å². The van der Waals surface area contributed by atoms with Gasteiger partial charge in [-0.05, 0) is 36.6 Å². The molecule has 0 saturated carbocycles. The van der Waals surface area contributed by atoms with E-state index in [2.05, 4.69) is 12.2 Å². The first-order valence-electron chi connectivity index (χ1n) is 11.5. The number of hydrogen-bond donors (Lipinski definition) is 1. The molecular weight excluding hydrogens is 408 g/mol. The average molecular weight is 441 g/mol. The summed E-state index contributed by atoms with van der Waals surface area (Å²) in [7, 11) is 0. The van der Waals surface area contributed by atoms with E-state index in [9.17, 15) is 4.79 Å². The molecule has 0 aliphatic heterocycles. The van der Waals surface area contributed by atoms with E-state index in [0.29, 0.717) is 17.3 Å². The van der Waals surface area contributed by atoms with Crippen molar-refractivity contribution in [2.45, 2.75) is 64.7 Å². The molecule has 0 atom stereocenters. The van der Waals surface area contributed by atoms with Crippen LogP contribution >= 0.6 is 11.6 Å². The Kier molecular flexibility index (Phi) is 9.29. The molecule has 5 heteroatoms. The van der Waals surface area contributed by atoms with Gasteiger partial charge < -0.3 is 10.2 Å². The second-order valence-electron chi connectivity index (χ2n) is 8.01. The summed E-state index contributed by atoms with van der Waals surface area (Å²) in [5, 5.41) is 4.47. The van der Waals surface area contributed by atoms with E-state index in [1.165, 1.54) is 44.9 Å². The van der Waals surface area contributed by atoms with Gasteiger partial charge in [-0.25, -0.2) is 0 Å². The summed E-state index contributed by atoms with van der Waals surface area (Å²) in [5.74, 6) is -0.0981. The lowest BCUT2D eigenvalue weighted by Gasteiger charge is -2.08. The fourth-order valence-electron chi connectivity index (χ4n) is 3.79. The molecule has 4 nitrogen and oxygen atoms in total. The van der Waals surface area contributed by atoms with Crippen LogP contribution in [0.4, 0.5) is 5.69 Å². The van der Waals surface area contributed by atoms with Gasteiger partial charge in [-0.1, -0.05) is 87.4 Å². The number of hydrogen-bond acceptors (Lipinski definition) is 2. The second kappa shape index (κ2) is 12.4. The quantitative estimate of drug-likeness (QED) is 0.289. The first-order valence-corrected chi connectivity index (χ1v) is 11.8. The molecule has 0 unspecified atom stereocenters. The normalized spacial score (nSPS) is 11.0. The molecule has 3 aromatic rings. The number of unbranched alkanes of at least 4 members (excludes halogenated alkanes) is 7. The van der Waals surface area contributed by atoms with Crippen LogP contribution in [0.5, 0.6) is 0 Å². The zero-order valence-corrected chi connectivity index (χ0v) is 19.2. The molecule has 0 aliphatic rings. The lowest BCUT2D eigenvalue weighted by atomic mass is 10.1. The summed E-state index contributed by atoms with van der Waals surface area (Å²) in [6, 6.07) is 15.3. The van der Waals surface area contributed by atoms with Crippen LogP contribution in [0.2, 0.25) is 5.02 Å². The van der Waals surface area contributed by atoms with Gasteiger partial charge in [0.2, 0.25) is 5.91 Å². The van der Waals surface area contributed by atoms with Crippen molar-refractivity contribution in [2.24, 2.45) is 0 Å². The number of fused-ring (bicyclic) bond motifs is 1. The van der Waals surface area contributed by atoms with Crippen molar-refractivity contribution in [3.05, 3.63) is 65.3 Å². The Morgan fingerprint density at radius 3 is 2.39 bits per heavy atom. The van der Waals surface area contributed by atoms with Crippen molar-refractivity contribution in [3.8, 4) is 0 Å². The van der Waals surface area contributed by atoms with Gasteiger partial charge in [0.1, 0.15) is 6.61 Å². The Hall–Kier alpha value is -2.46. The number of rotatable bonds is 13. The molecule has 1 N–H and O–H groups in total. The molecular formula is C26H33ClN2O2. The number of benzene rings is 2. The van der Waals surface area contributed by atoms with Crippen molar-refractivity contribution >= 4 is 34.1 Å². The van der Waals surface area contributed by atoms with Crippen molar-refractivity contribution in [1.29, 1.82) is 0 Å². The fraction of sp³-hybridized carbons (Fsp3) is 0.423. The topological polar surface area (TPSA) is 43.3 Å². The SMILES string of the molecule is CCCCCCCCCCOn1cc(CC(=O)Nc2ccccc2Cl)c2ccccc21. The number of nitrogens with zero attached hydrogens (tertiary/aromatic N) is 1. The van der Waals surface area contributed by atoms with Crippen LogP contribution in [-0.2, 0) is 11.2 Å². The van der Waals surface area contributed by atoms with Crippen LogP contribution in [0.25, 0.3) is 10.9 Å². The highest BCUT2D eigenvalue weighted by Crippen LogP contribution is 2.23. The number of amides is 1. The predicted molar refractivity (Wildman–Crippen MR) is 130 cm³/mol. The predicted octanol–water partition coefficient (Wildman–Crippen LogP) is 7.05. The van der Waals surface area contributed by atoms with Crippen LogP contribution in [0.3, 0.4) is 0 Å². The summed E-state index contributed by atoms with van der Waals surface area (Å²) < 4.78 is 1.81.